The number of benzene rings is 1. The third-order valence-electron chi connectivity index (χ3n) is 3.84. The molecule has 1 nitrogen and oxygen atoms in total. The maximum Gasteiger partial charge on any atom is 0.0404 e. The Morgan fingerprint density at radius 1 is 1.18 bits per heavy atom. The van der Waals surface area contributed by atoms with Gasteiger partial charge in [-0.25, -0.2) is 0 Å². The van der Waals surface area contributed by atoms with Crippen LogP contribution in [0.1, 0.15) is 71.4 Å². The van der Waals surface area contributed by atoms with Crippen LogP contribution in [-0.2, 0) is 0 Å². The van der Waals surface area contributed by atoms with Gasteiger partial charge in [-0.3, -0.25) is 4.72 Å². The van der Waals surface area contributed by atoms with E-state index in [2.05, 4.69) is 78.3 Å². The second kappa shape index (κ2) is 8.46. The molecule has 0 aromatic heterocycles. The molecule has 22 heavy (non-hydrogen) atoms. The quantitative estimate of drug-likeness (QED) is 0.534. The van der Waals surface area contributed by atoms with Crippen molar-refractivity contribution in [3.8, 4) is 0 Å². The first kappa shape index (κ1) is 18.7. The van der Waals surface area contributed by atoms with Crippen molar-refractivity contribution in [1.29, 1.82) is 0 Å². The van der Waals surface area contributed by atoms with E-state index in [4.69, 9.17) is 0 Å². The van der Waals surface area contributed by atoms with Gasteiger partial charge in [0, 0.05) is 25.4 Å². The summed E-state index contributed by atoms with van der Waals surface area (Å²) in [7, 11) is 0. The maximum atomic E-state index is 3.77. The molecule has 0 bridgehead atoms. The first-order valence-electron chi connectivity index (χ1n) is 8.25. The largest absolute Gasteiger partial charge is 0.256 e. The van der Waals surface area contributed by atoms with Gasteiger partial charge in [-0.2, -0.15) is 0 Å². The fourth-order valence-electron chi connectivity index (χ4n) is 2.64. The number of thioether (sulfide) groups is 1. The fourth-order valence-corrected chi connectivity index (χ4v) is 5.45. The molecular formula is C18H28BrNS2. The molecule has 1 aliphatic rings. The Morgan fingerprint density at radius 3 is 2.45 bits per heavy atom. The molecular weight excluding hydrogens is 374 g/mol. The zero-order chi connectivity index (χ0) is 16.2. The highest BCUT2D eigenvalue weighted by Gasteiger charge is 2.17. The van der Waals surface area contributed by atoms with E-state index in [9.17, 15) is 0 Å². The van der Waals surface area contributed by atoms with Gasteiger partial charge in [-0.15, -0.1) is 11.8 Å². The zero-order valence-electron chi connectivity index (χ0n) is 14.1. The Kier molecular flexibility index (Phi) is 7.19. The molecule has 0 spiro atoms. The van der Waals surface area contributed by atoms with Crippen molar-refractivity contribution in [2.75, 3.05) is 0 Å². The number of halogens is 1. The predicted octanol–water partition coefficient (Wildman–Crippen LogP) is 6.97. The van der Waals surface area contributed by atoms with Crippen molar-refractivity contribution in [1.82, 2.24) is 4.72 Å². The monoisotopic (exact) mass is 401 g/mol. The van der Waals surface area contributed by atoms with Gasteiger partial charge in [0.15, 0.2) is 0 Å². The molecule has 1 atom stereocenters. The zero-order valence-corrected chi connectivity index (χ0v) is 17.3. The van der Waals surface area contributed by atoms with Crippen molar-refractivity contribution < 1.29 is 0 Å². The minimum absolute atomic E-state index is 0.234. The minimum atomic E-state index is 0.234. The van der Waals surface area contributed by atoms with Crippen LogP contribution in [0.4, 0.5) is 0 Å². The van der Waals surface area contributed by atoms with Crippen LogP contribution in [0.25, 0.3) is 0 Å². The van der Waals surface area contributed by atoms with E-state index < -0.39 is 0 Å². The van der Waals surface area contributed by atoms with Crippen molar-refractivity contribution >= 4 is 39.6 Å². The van der Waals surface area contributed by atoms with Crippen LogP contribution in [-0.4, -0.2) is 10.00 Å². The molecule has 124 valence electrons. The SMILES string of the molecule is CC(NSC(C)(C)C)c1ccc(SC2CCCCC2)cc1Br. The van der Waals surface area contributed by atoms with Crippen molar-refractivity contribution in [3.05, 3.63) is 28.2 Å². The summed E-state index contributed by atoms with van der Waals surface area (Å²) in [6.45, 7) is 8.93. The first-order valence-corrected chi connectivity index (χ1v) is 10.7. The molecule has 1 aliphatic carbocycles. The lowest BCUT2D eigenvalue weighted by Gasteiger charge is -2.23. The van der Waals surface area contributed by atoms with Gasteiger partial charge in [0.1, 0.15) is 0 Å². The summed E-state index contributed by atoms with van der Waals surface area (Å²) in [5.41, 5.74) is 1.34. The lowest BCUT2D eigenvalue weighted by Crippen LogP contribution is -2.20. The summed E-state index contributed by atoms with van der Waals surface area (Å²) < 4.78 is 5.02. The van der Waals surface area contributed by atoms with E-state index in [-0.39, 0.29) is 4.75 Å². The van der Waals surface area contributed by atoms with Crippen LogP contribution >= 0.6 is 39.6 Å². The molecule has 1 fully saturated rings. The molecule has 0 radical (unpaired) electrons. The molecule has 0 amide bonds. The van der Waals surface area contributed by atoms with Gasteiger partial charge in [0.05, 0.1) is 0 Å². The smallest absolute Gasteiger partial charge is 0.0404 e. The van der Waals surface area contributed by atoms with Gasteiger partial charge in [0.25, 0.3) is 0 Å². The third-order valence-corrected chi connectivity index (χ3v) is 6.94. The van der Waals surface area contributed by atoms with Crippen molar-refractivity contribution in [2.45, 2.75) is 80.7 Å². The Morgan fingerprint density at radius 2 is 1.86 bits per heavy atom. The predicted molar refractivity (Wildman–Crippen MR) is 106 cm³/mol. The molecule has 0 saturated heterocycles. The van der Waals surface area contributed by atoms with Crippen LogP contribution in [0.2, 0.25) is 0 Å². The topological polar surface area (TPSA) is 12.0 Å². The second-order valence-corrected chi connectivity index (χ2v) is 11.0. The van der Waals surface area contributed by atoms with Crippen LogP contribution in [0, 0.1) is 0 Å². The summed E-state index contributed by atoms with van der Waals surface area (Å²) in [5.74, 6) is 0. The lowest BCUT2D eigenvalue weighted by molar-refractivity contribution is 0.516. The van der Waals surface area contributed by atoms with E-state index in [1.54, 1.807) is 11.9 Å². The highest BCUT2D eigenvalue weighted by atomic mass is 79.9. The minimum Gasteiger partial charge on any atom is -0.256 e. The molecule has 1 saturated carbocycles. The van der Waals surface area contributed by atoms with Crippen LogP contribution in [0.3, 0.4) is 0 Å². The van der Waals surface area contributed by atoms with Gasteiger partial charge < -0.3 is 0 Å². The van der Waals surface area contributed by atoms with Crippen LogP contribution in [0.15, 0.2) is 27.6 Å². The summed E-state index contributed by atoms with van der Waals surface area (Å²) in [5, 5.41) is 0.818. The molecule has 1 aromatic rings. The van der Waals surface area contributed by atoms with Crippen molar-refractivity contribution in [3.63, 3.8) is 0 Å². The van der Waals surface area contributed by atoms with E-state index in [1.165, 1.54) is 47.0 Å². The van der Waals surface area contributed by atoms with Gasteiger partial charge >= 0.3 is 0 Å². The second-order valence-electron chi connectivity index (χ2n) is 7.12. The average molecular weight is 402 g/mol. The normalized spacial score (nSPS) is 18.4. The Labute approximate surface area is 153 Å². The molecule has 4 heteroatoms. The summed E-state index contributed by atoms with van der Waals surface area (Å²) in [6, 6.07) is 7.21. The number of hydrogen-bond donors (Lipinski definition) is 1. The lowest BCUT2D eigenvalue weighted by atomic mass is 10.0. The summed E-state index contributed by atoms with van der Waals surface area (Å²) in [4.78, 5) is 1.40. The maximum absolute atomic E-state index is 3.77. The Bertz CT molecular complexity index is 478. The van der Waals surface area contributed by atoms with Crippen LogP contribution in [0.5, 0.6) is 0 Å². The Hall–Kier alpha value is 0.360. The third kappa shape index (κ3) is 6.10. The molecule has 0 aliphatic heterocycles. The fraction of sp³-hybridized carbons (Fsp3) is 0.667. The van der Waals surface area contributed by atoms with E-state index >= 15 is 0 Å². The summed E-state index contributed by atoms with van der Waals surface area (Å²) >= 11 is 7.63. The number of hydrogen-bond acceptors (Lipinski definition) is 3. The molecule has 1 unspecified atom stereocenters. The average Bonchev–Trinajstić information content (AvgIpc) is 2.45. The van der Waals surface area contributed by atoms with Gasteiger partial charge in [-0.1, -0.05) is 53.2 Å². The van der Waals surface area contributed by atoms with E-state index in [0.29, 0.717) is 6.04 Å². The van der Waals surface area contributed by atoms with Gasteiger partial charge in [0.2, 0.25) is 0 Å². The molecule has 0 heterocycles. The standard InChI is InChI=1S/C18H28BrNS2/c1-13(20-22-18(2,3)4)16-11-10-15(12-17(16)19)21-14-8-6-5-7-9-14/h10-14,20H,5-9H2,1-4H3. The summed E-state index contributed by atoms with van der Waals surface area (Å²) in [6.07, 6.45) is 6.99. The van der Waals surface area contributed by atoms with E-state index in [1.807, 2.05) is 0 Å². The highest BCUT2D eigenvalue weighted by Crippen LogP contribution is 2.36. The first-order chi connectivity index (χ1) is 10.3. The number of nitrogens with one attached hydrogen (secondary N) is 1. The molecule has 2 rings (SSSR count). The number of rotatable bonds is 5. The van der Waals surface area contributed by atoms with Gasteiger partial charge in [-0.05, 0) is 58.2 Å². The molecule has 1 aromatic carbocycles. The van der Waals surface area contributed by atoms with E-state index in [0.717, 1.165) is 5.25 Å². The van der Waals surface area contributed by atoms with Crippen molar-refractivity contribution in [2.24, 2.45) is 0 Å². The molecule has 1 N–H and O–H groups in total. The van der Waals surface area contributed by atoms with Crippen LogP contribution < -0.4 is 4.72 Å². The Balaban J connectivity index is 1.96. The highest BCUT2D eigenvalue weighted by molar-refractivity contribution is 9.10.